The smallest absolute Gasteiger partial charge is 0.223 e. The van der Waals surface area contributed by atoms with Crippen molar-refractivity contribution in [2.24, 2.45) is 0 Å². The third kappa shape index (κ3) is 3.10. The minimum Gasteiger partial charge on any atom is -0.333 e. The van der Waals surface area contributed by atoms with Gasteiger partial charge in [-0.2, -0.15) is 0 Å². The zero-order valence-electron chi connectivity index (χ0n) is 10.1. The Labute approximate surface area is 112 Å². The highest BCUT2D eigenvalue weighted by Crippen LogP contribution is 2.17. The maximum absolute atomic E-state index is 12.0. The molecule has 0 N–H and O–H groups in total. The maximum atomic E-state index is 12.0. The minimum absolute atomic E-state index is 0.0690. The van der Waals surface area contributed by atoms with Crippen LogP contribution in [0.2, 0.25) is 5.02 Å². The highest BCUT2D eigenvalue weighted by molar-refractivity contribution is 6.30. The van der Waals surface area contributed by atoms with Gasteiger partial charge in [0.25, 0.3) is 0 Å². The molecule has 0 spiro atoms. The van der Waals surface area contributed by atoms with Crippen LogP contribution >= 0.6 is 11.6 Å². The number of amides is 1. The Balaban J connectivity index is 1.88. The van der Waals surface area contributed by atoms with E-state index in [0.29, 0.717) is 24.4 Å². The Bertz CT molecular complexity index is 430. The number of carbonyl (C=O) groups is 2. The monoisotopic (exact) mass is 265 g/mol. The maximum Gasteiger partial charge on any atom is 0.223 e. The summed E-state index contributed by atoms with van der Waals surface area (Å²) >= 11 is 5.80. The normalized spacial score (nSPS) is 18.9. The zero-order valence-corrected chi connectivity index (χ0v) is 10.9. The van der Waals surface area contributed by atoms with Gasteiger partial charge in [0.1, 0.15) is 6.29 Å². The second-order valence-electron chi connectivity index (χ2n) is 4.56. The fraction of sp³-hybridized carbons (Fsp3) is 0.429. The van der Waals surface area contributed by atoms with Crippen LogP contribution in [0.25, 0.3) is 0 Å². The average Bonchev–Trinajstić information content (AvgIpc) is 2.86. The summed E-state index contributed by atoms with van der Waals surface area (Å²) in [5.74, 6) is 0.0690. The summed E-state index contributed by atoms with van der Waals surface area (Å²) in [6.45, 7) is 0.711. The molecular formula is C14H16ClNO2. The fourth-order valence-corrected chi connectivity index (χ4v) is 2.42. The van der Waals surface area contributed by atoms with E-state index < -0.39 is 0 Å². The van der Waals surface area contributed by atoms with E-state index in [1.807, 2.05) is 24.3 Å². The minimum atomic E-state index is -0.206. The Morgan fingerprint density at radius 3 is 2.78 bits per heavy atom. The number of hydrogen-bond acceptors (Lipinski definition) is 2. The summed E-state index contributed by atoms with van der Waals surface area (Å²) in [5.41, 5.74) is 1.09. The molecule has 1 aliphatic heterocycles. The van der Waals surface area contributed by atoms with Crippen LogP contribution < -0.4 is 0 Å². The van der Waals surface area contributed by atoms with Crippen LogP contribution in [-0.2, 0) is 16.0 Å². The molecule has 0 aromatic heterocycles. The lowest BCUT2D eigenvalue weighted by Crippen LogP contribution is -2.36. The van der Waals surface area contributed by atoms with Crippen LogP contribution in [0.1, 0.15) is 24.8 Å². The van der Waals surface area contributed by atoms with Gasteiger partial charge in [0.2, 0.25) is 5.91 Å². The van der Waals surface area contributed by atoms with Crippen molar-refractivity contribution >= 4 is 23.8 Å². The summed E-state index contributed by atoms with van der Waals surface area (Å²) in [6, 6.07) is 7.30. The SMILES string of the molecule is O=CC1CCCN1C(=O)CCc1ccc(Cl)cc1. The lowest BCUT2D eigenvalue weighted by atomic mass is 10.1. The molecule has 1 aromatic rings. The molecule has 1 heterocycles. The quantitative estimate of drug-likeness (QED) is 0.785. The van der Waals surface area contributed by atoms with Gasteiger partial charge in [0.15, 0.2) is 0 Å². The number of hydrogen-bond donors (Lipinski definition) is 0. The van der Waals surface area contributed by atoms with Crippen LogP contribution in [0, 0.1) is 0 Å². The number of nitrogens with zero attached hydrogens (tertiary/aromatic N) is 1. The van der Waals surface area contributed by atoms with E-state index in [1.165, 1.54) is 0 Å². The van der Waals surface area contributed by atoms with Gasteiger partial charge in [0, 0.05) is 18.0 Å². The standard InChI is InChI=1S/C14H16ClNO2/c15-12-6-3-11(4-7-12)5-8-14(18)16-9-1-2-13(16)10-17/h3-4,6-7,10,13H,1-2,5,8-9H2. The van der Waals surface area contributed by atoms with Crippen molar-refractivity contribution in [3.8, 4) is 0 Å². The van der Waals surface area contributed by atoms with Gasteiger partial charge in [-0.15, -0.1) is 0 Å². The molecule has 96 valence electrons. The van der Waals surface area contributed by atoms with E-state index in [2.05, 4.69) is 0 Å². The first-order chi connectivity index (χ1) is 8.70. The third-order valence-electron chi connectivity index (χ3n) is 3.32. The molecule has 1 aromatic carbocycles. The Hall–Kier alpha value is -1.35. The molecule has 1 saturated heterocycles. The van der Waals surface area contributed by atoms with Gasteiger partial charge in [-0.1, -0.05) is 23.7 Å². The van der Waals surface area contributed by atoms with Gasteiger partial charge in [-0.05, 0) is 37.0 Å². The summed E-state index contributed by atoms with van der Waals surface area (Å²) in [6.07, 6.45) is 3.75. The number of rotatable bonds is 4. The second kappa shape index (κ2) is 6.01. The summed E-state index contributed by atoms with van der Waals surface area (Å²) in [7, 11) is 0. The van der Waals surface area contributed by atoms with Crippen molar-refractivity contribution in [2.45, 2.75) is 31.7 Å². The summed E-state index contributed by atoms with van der Waals surface area (Å²) < 4.78 is 0. The van der Waals surface area contributed by atoms with Gasteiger partial charge < -0.3 is 9.69 Å². The fourth-order valence-electron chi connectivity index (χ4n) is 2.29. The van der Waals surface area contributed by atoms with Gasteiger partial charge in [-0.3, -0.25) is 4.79 Å². The first-order valence-electron chi connectivity index (χ1n) is 6.20. The Kier molecular flexibility index (Phi) is 4.37. The van der Waals surface area contributed by atoms with Crippen LogP contribution in [0.5, 0.6) is 0 Å². The van der Waals surface area contributed by atoms with Crippen LogP contribution in [0.3, 0.4) is 0 Å². The van der Waals surface area contributed by atoms with Crippen molar-refractivity contribution in [1.29, 1.82) is 0 Å². The molecule has 1 amide bonds. The average molecular weight is 266 g/mol. The van der Waals surface area contributed by atoms with Gasteiger partial charge >= 0.3 is 0 Å². The van der Waals surface area contributed by atoms with Crippen molar-refractivity contribution < 1.29 is 9.59 Å². The molecule has 2 rings (SSSR count). The third-order valence-corrected chi connectivity index (χ3v) is 3.57. The molecule has 3 nitrogen and oxygen atoms in total. The van der Waals surface area contributed by atoms with E-state index in [1.54, 1.807) is 4.90 Å². The zero-order chi connectivity index (χ0) is 13.0. The van der Waals surface area contributed by atoms with Gasteiger partial charge in [-0.25, -0.2) is 0 Å². The van der Waals surface area contributed by atoms with E-state index >= 15 is 0 Å². The van der Waals surface area contributed by atoms with Gasteiger partial charge in [0.05, 0.1) is 6.04 Å². The largest absolute Gasteiger partial charge is 0.333 e. The van der Waals surface area contributed by atoms with Crippen molar-refractivity contribution in [2.75, 3.05) is 6.54 Å². The highest BCUT2D eigenvalue weighted by Gasteiger charge is 2.27. The van der Waals surface area contributed by atoms with E-state index in [0.717, 1.165) is 24.7 Å². The Morgan fingerprint density at radius 2 is 2.11 bits per heavy atom. The lowest BCUT2D eigenvalue weighted by Gasteiger charge is -2.20. The van der Waals surface area contributed by atoms with E-state index in [4.69, 9.17) is 11.6 Å². The molecule has 1 fully saturated rings. The van der Waals surface area contributed by atoms with Crippen LogP contribution in [-0.4, -0.2) is 29.7 Å². The molecule has 18 heavy (non-hydrogen) atoms. The van der Waals surface area contributed by atoms with E-state index in [9.17, 15) is 9.59 Å². The summed E-state index contributed by atoms with van der Waals surface area (Å²) in [5, 5.41) is 0.700. The van der Waals surface area contributed by atoms with Crippen LogP contribution in [0.4, 0.5) is 0 Å². The van der Waals surface area contributed by atoms with E-state index in [-0.39, 0.29) is 11.9 Å². The molecule has 4 heteroatoms. The predicted octanol–water partition coefficient (Wildman–Crippen LogP) is 2.46. The Morgan fingerprint density at radius 1 is 1.39 bits per heavy atom. The van der Waals surface area contributed by atoms with Crippen molar-refractivity contribution in [3.05, 3.63) is 34.9 Å². The topological polar surface area (TPSA) is 37.4 Å². The molecule has 1 unspecified atom stereocenters. The number of carbonyl (C=O) groups excluding carboxylic acids is 2. The predicted molar refractivity (Wildman–Crippen MR) is 70.6 cm³/mol. The number of aldehydes is 1. The molecule has 0 bridgehead atoms. The number of benzene rings is 1. The molecular weight excluding hydrogens is 250 g/mol. The second-order valence-corrected chi connectivity index (χ2v) is 5.00. The van der Waals surface area contributed by atoms with Crippen molar-refractivity contribution in [3.63, 3.8) is 0 Å². The molecule has 1 atom stereocenters. The number of likely N-dealkylation sites (tertiary alicyclic amines) is 1. The van der Waals surface area contributed by atoms with Crippen LogP contribution in [0.15, 0.2) is 24.3 Å². The lowest BCUT2D eigenvalue weighted by molar-refractivity contribution is -0.134. The number of halogens is 1. The first-order valence-corrected chi connectivity index (χ1v) is 6.57. The molecule has 0 saturated carbocycles. The summed E-state index contributed by atoms with van der Waals surface area (Å²) in [4.78, 5) is 24.5. The van der Waals surface area contributed by atoms with Crippen molar-refractivity contribution in [1.82, 2.24) is 4.90 Å². The first kappa shape index (κ1) is 13.1. The highest BCUT2D eigenvalue weighted by atomic mass is 35.5. The molecule has 1 aliphatic rings. The number of aryl methyl sites for hydroxylation is 1. The molecule has 0 aliphatic carbocycles. The molecule has 0 radical (unpaired) electrons.